The Hall–Kier alpha value is -0.780. The molecule has 1 aliphatic rings. The summed E-state index contributed by atoms with van der Waals surface area (Å²) in [5, 5.41) is 1.09. The van der Waals surface area contributed by atoms with Gasteiger partial charge in [0.2, 0.25) is 0 Å². The van der Waals surface area contributed by atoms with Crippen LogP contribution in [0.2, 0.25) is 0 Å². The highest BCUT2D eigenvalue weighted by Crippen LogP contribution is 2.20. The van der Waals surface area contributed by atoms with E-state index >= 15 is 0 Å². The number of hydrogen-bond donors (Lipinski definition) is 0. The molecule has 1 saturated heterocycles. The van der Waals surface area contributed by atoms with E-state index in [1.54, 1.807) is 0 Å². The molecular weight excluding hydrogens is 199 g/mol. The lowest BCUT2D eigenvalue weighted by Crippen LogP contribution is -2.40. The second kappa shape index (κ2) is 4.16. The molecule has 3 nitrogen and oxygen atoms in total. The molecule has 0 N–H and O–H groups in total. The van der Waals surface area contributed by atoms with E-state index in [0.29, 0.717) is 13.1 Å². The predicted octanol–water partition coefficient (Wildman–Crippen LogP) is 1.74. The van der Waals surface area contributed by atoms with Gasteiger partial charge in [0.05, 0.1) is 0 Å². The van der Waals surface area contributed by atoms with Crippen molar-refractivity contribution in [2.75, 3.05) is 13.1 Å². The molecule has 0 amide bonds. The minimum Gasteiger partial charge on any atom is -0.361 e. The lowest BCUT2D eigenvalue weighted by molar-refractivity contribution is -0.243. The minimum atomic E-state index is -4.90. The Labute approximate surface area is 79.8 Å². The smallest absolute Gasteiger partial charge is 0.361 e. The van der Waals surface area contributed by atoms with E-state index in [-0.39, 0.29) is 5.92 Å². The van der Waals surface area contributed by atoms with Crippen molar-refractivity contribution in [3.05, 3.63) is 0 Å². The molecule has 0 aliphatic carbocycles. The van der Waals surface area contributed by atoms with Crippen molar-refractivity contribution >= 4 is 5.97 Å². The third-order valence-corrected chi connectivity index (χ3v) is 2.06. The molecule has 82 valence electrons. The molecule has 0 aromatic rings. The molecule has 1 heterocycles. The van der Waals surface area contributed by atoms with Crippen LogP contribution in [0.25, 0.3) is 0 Å². The number of carbonyl (C=O) groups excluding carboxylic acids is 1. The van der Waals surface area contributed by atoms with Crippen molar-refractivity contribution in [3.63, 3.8) is 0 Å². The Balaban J connectivity index is 2.40. The summed E-state index contributed by atoms with van der Waals surface area (Å²) in [4.78, 5) is 14.6. The van der Waals surface area contributed by atoms with Crippen molar-refractivity contribution in [1.82, 2.24) is 5.06 Å². The monoisotopic (exact) mass is 211 g/mol. The molecule has 1 unspecified atom stereocenters. The van der Waals surface area contributed by atoms with E-state index in [1.165, 1.54) is 0 Å². The molecule has 0 aromatic heterocycles. The van der Waals surface area contributed by atoms with Crippen molar-refractivity contribution in [1.29, 1.82) is 0 Å². The third-order valence-electron chi connectivity index (χ3n) is 2.06. The number of hydroxylamine groups is 2. The zero-order chi connectivity index (χ0) is 10.8. The first-order valence-electron chi connectivity index (χ1n) is 4.43. The Morgan fingerprint density at radius 1 is 1.50 bits per heavy atom. The van der Waals surface area contributed by atoms with Gasteiger partial charge >= 0.3 is 12.1 Å². The van der Waals surface area contributed by atoms with Gasteiger partial charge in [0.25, 0.3) is 0 Å². The van der Waals surface area contributed by atoms with Gasteiger partial charge in [0.15, 0.2) is 0 Å². The lowest BCUT2D eigenvalue weighted by atomic mass is 10.0. The summed E-state index contributed by atoms with van der Waals surface area (Å²) in [6, 6.07) is 0. The van der Waals surface area contributed by atoms with Crippen LogP contribution in [0.3, 0.4) is 0 Å². The standard InChI is InChI=1S/C8H12F3NO2/c1-6-3-2-4-12(5-6)14-7(13)8(9,10)11/h6H,2-5H2,1H3. The van der Waals surface area contributed by atoms with Crippen LogP contribution in [-0.4, -0.2) is 30.3 Å². The van der Waals surface area contributed by atoms with Crippen molar-refractivity contribution in [3.8, 4) is 0 Å². The van der Waals surface area contributed by atoms with E-state index in [1.807, 2.05) is 6.92 Å². The first-order chi connectivity index (χ1) is 6.39. The Kier molecular flexibility index (Phi) is 3.36. The quantitative estimate of drug-likeness (QED) is 0.661. The average Bonchev–Trinajstić information content (AvgIpc) is 2.02. The average molecular weight is 211 g/mol. The number of rotatable bonds is 1. The number of hydrogen-bond acceptors (Lipinski definition) is 3. The molecule has 6 heteroatoms. The van der Waals surface area contributed by atoms with Gasteiger partial charge in [-0.1, -0.05) is 6.92 Å². The van der Waals surface area contributed by atoms with Crippen LogP contribution in [0.15, 0.2) is 0 Å². The highest BCUT2D eigenvalue weighted by molar-refractivity contribution is 5.75. The summed E-state index contributed by atoms with van der Waals surface area (Å²) < 4.78 is 35.4. The second-order valence-corrected chi connectivity index (χ2v) is 3.51. The molecule has 0 radical (unpaired) electrons. The molecule has 1 rings (SSSR count). The van der Waals surface area contributed by atoms with Gasteiger partial charge in [0, 0.05) is 13.1 Å². The van der Waals surface area contributed by atoms with Gasteiger partial charge in [-0.25, -0.2) is 4.79 Å². The Morgan fingerprint density at radius 2 is 2.14 bits per heavy atom. The van der Waals surface area contributed by atoms with Crippen LogP contribution in [-0.2, 0) is 9.63 Å². The van der Waals surface area contributed by atoms with Crippen LogP contribution < -0.4 is 0 Å². The molecule has 1 aliphatic heterocycles. The molecule has 0 aromatic carbocycles. The van der Waals surface area contributed by atoms with Gasteiger partial charge in [-0.15, -0.1) is 5.06 Å². The zero-order valence-corrected chi connectivity index (χ0v) is 7.80. The minimum absolute atomic E-state index is 0.268. The Bertz CT molecular complexity index is 217. The first kappa shape index (κ1) is 11.3. The summed E-state index contributed by atoms with van der Waals surface area (Å²) in [6.45, 7) is 2.67. The normalized spacial score (nSPS) is 24.7. The van der Waals surface area contributed by atoms with Crippen LogP contribution in [0.4, 0.5) is 13.2 Å². The van der Waals surface area contributed by atoms with Crippen molar-refractivity contribution in [2.45, 2.75) is 25.9 Å². The van der Waals surface area contributed by atoms with E-state index in [9.17, 15) is 18.0 Å². The van der Waals surface area contributed by atoms with Crippen molar-refractivity contribution in [2.24, 2.45) is 5.92 Å². The van der Waals surface area contributed by atoms with Gasteiger partial charge in [-0.2, -0.15) is 13.2 Å². The highest BCUT2D eigenvalue weighted by atomic mass is 19.4. The van der Waals surface area contributed by atoms with Crippen LogP contribution >= 0.6 is 0 Å². The van der Waals surface area contributed by atoms with Gasteiger partial charge < -0.3 is 4.84 Å². The van der Waals surface area contributed by atoms with E-state index in [0.717, 1.165) is 17.9 Å². The number of alkyl halides is 3. The van der Waals surface area contributed by atoms with E-state index in [2.05, 4.69) is 4.84 Å². The topological polar surface area (TPSA) is 29.5 Å². The van der Waals surface area contributed by atoms with E-state index < -0.39 is 12.1 Å². The molecule has 1 atom stereocenters. The van der Waals surface area contributed by atoms with E-state index in [4.69, 9.17) is 0 Å². The highest BCUT2D eigenvalue weighted by Gasteiger charge is 2.42. The molecule has 0 bridgehead atoms. The fourth-order valence-corrected chi connectivity index (χ4v) is 1.40. The first-order valence-corrected chi connectivity index (χ1v) is 4.43. The summed E-state index contributed by atoms with van der Waals surface area (Å²) in [5.41, 5.74) is 0. The van der Waals surface area contributed by atoms with Gasteiger partial charge in [0.1, 0.15) is 0 Å². The fourth-order valence-electron chi connectivity index (χ4n) is 1.40. The number of carbonyl (C=O) groups is 1. The predicted molar refractivity (Wildman–Crippen MR) is 42.1 cm³/mol. The summed E-state index contributed by atoms with van der Waals surface area (Å²) in [7, 11) is 0. The maximum absolute atomic E-state index is 11.8. The van der Waals surface area contributed by atoms with Crippen LogP contribution in [0.5, 0.6) is 0 Å². The molecule has 0 spiro atoms. The zero-order valence-electron chi connectivity index (χ0n) is 7.80. The van der Waals surface area contributed by atoms with Crippen LogP contribution in [0.1, 0.15) is 19.8 Å². The second-order valence-electron chi connectivity index (χ2n) is 3.51. The SMILES string of the molecule is CC1CCCN(OC(=O)C(F)(F)F)C1. The Morgan fingerprint density at radius 3 is 2.64 bits per heavy atom. The van der Waals surface area contributed by atoms with Gasteiger partial charge in [-0.05, 0) is 18.8 Å². The van der Waals surface area contributed by atoms with Gasteiger partial charge in [-0.3, -0.25) is 0 Å². The van der Waals surface area contributed by atoms with Crippen molar-refractivity contribution < 1.29 is 22.8 Å². The number of nitrogens with zero attached hydrogens (tertiary/aromatic N) is 1. The number of halogens is 3. The molecule has 1 fully saturated rings. The maximum Gasteiger partial charge on any atom is 0.492 e. The lowest BCUT2D eigenvalue weighted by Gasteiger charge is -2.29. The summed E-state index contributed by atoms with van der Waals surface area (Å²) in [5.74, 6) is -1.86. The molecular formula is C8H12F3NO2. The molecule has 0 saturated carbocycles. The molecule has 14 heavy (non-hydrogen) atoms. The van der Waals surface area contributed by atoms with Crippen LogP contribution in [0, 0.1) is 5.92 Å². The summed E-state index contributed by atoms with van der Waals surface area (Å²) >= 11 is 0. The number of piperidine rings is 1. The maximum atomic E-state index is 11.8. The largest absolute Gasteiger partial charge is 0.492 e. The third kappa shape index (κ3) is 3.17. The summed E-state index contributed by atoms with van der Waals surface area (Å²) in [6.07, 6.45) is -3.19. The fraction of sp³-hybridized carbons (Fsp3) is 0.875.